The highest BCUT2D eigenvalue weighted by molar-refractivity contribution is 6.05. The van der Waals surface area contributed by atoms with E-state index in [2.05, 4.69) is 27.7 Å². The zero-order chi connectivity index (χ0) is 18.9. The molecule has 0 radical (unpaired) electrons. The van der Waals surface area contributed by atoms with Gasteiger partial charge < -0.3 is 0 Å². The van der Waals surface area contributed by atoms with Crippen molar-refractivity contribution in [3.63, 3.8) is 0 Å². The molecule has 0 aliphatic heterocycles. The van der Waals surface area contributed by atoms with Crippen LogP contribution in [0.15, 0.2) is 9.98 Å². The van der Waals surface area contributed by atoms with Crippen molar-refractivity contribution in [2.24, 2.45) is 20.8 Å². The summed E-state index contributed by atoms with van der Waals surface area (Å²) in [6.45, 7) is 8.64. The lowest BCUT2D eigenvalue weighted by Gasteiger charge is -2.34. The van der Waals surface area contributed by atoms with Crippen molar-refractivity contribution in [3.8, 4) is 0 Å². The first-order chi connectivity index (χ1) is 12.1. The maximum absolute atomic E-state index is 12.1. The molecule has 2 atom stereocenters. The molecule has 0 bridgehead atoms. The van der Waals surface area contributed by atoms with Gasteiger partial charge in [0.2, 0.25) is 0 Å². The molecule has 0 saturated heterocycles. The lowest BCUT2D eigenvalue weighted by molar-refractivity contribution is -0.121. The van der Waals surface area contributed by atoms with Crippen LogP contribution in [0.2, 0.25) is 0 Å². The fraction of sp³-hybridized carbons (Fsp3) is 0.818. The van der Waals surface area contributed by atoms with E-state index in [0.29, 0.717) is 37.2 Å². The molecule has 3 aliphatic rings. The summed E-state index contributed by atoms with van der Waals surface area (Å²) in [7, 11) is 0. The molecule has 0 amide bonds. The Morgan fingerprint density at radius 1 is 0.692 bits per heavy atom. The molecule has 3 saturated carbocycles. The molecule has 0 heterocycles. The molecule has 4 heteroatoms. The summed E-state index contributed by atoms with van der Waals surface area (Å²) in [5.74, 6) is 0.636. The Kier molecular flexibility index (Phi) is 5.50. The molecule has 144 valence electrons. The smallest absolute Gasteiger partial charge is 0.139 e. The molecule has 4 nitrogen and oxygen atoms in total. The third-order valence-electron chi connectivity index (χ3n) is 5.91. The molecule has 3 fully saturated rings. The van der Waals surface area contributed by atoms with Gasteiger partial charge in [0.1, 0.15) is 11.6 Å². The molecule has 0 aromatic carbocycles. The number of hydrogen-bond acceptors (Lipinski definition) is 4. The van der Waals surface area contributed by atoms with Crippen LogP contribution in [-0.2, 0) is 9.59 Å². The van der Waals surface area contributed by atoms with E-state index < -0.39 is 0 Å². The highest BCUT2D eigenvalue weighted by atomic mass is 16.1. The predicted octanol–water partition coefficient (Wildman–Crippen LogP) is 4.74. The van der Waals surface area contributed by atoms with Gasteiger partial charge in [-0.3, -0.25) is 19.6 Å². The fourth-order valence-corrected chi connectivity index (χ4v) is 5.05. The van der Waals surface area contributed by atoms with E-state index in [-0.39, 0.29) is 22.9 Å². The van der Waals surface area contributed by atoms with Gasteiger partial charge >= 0.3 is 0 Å². The summed E-state index contributed by atoms with van der Waals surface area (Å²) < 4.78 is 0. The van der Waals surface area contributed by atoms with Crippen molar-refractivity contribution >= 4 is 23.0 Å². The molecule has 26 heavy (non-hydrogen) atoms. The topological polar surface area (TPSA) is 58.9 Å². The molecule has 0 spiro atoms. The van der Waals surface area contributed by atoms with Gasteiger partial charge in [-0.05, 0) is 36.5 Å². The largest absolute Gasteiger partial charge is 0.299 e. The Balaban J connectivity index is 1.78. The third-order valence-corrected chi connectivity index (χ3v) is 5.91. The van der Waals surface area contributed by atoms with Crippen LogP contribution in [0.25, 0.3) is 0 Å². The average Bonchev–Trinajstić information content (AvgIpc) is 2.45. The van der Waals surface area contributed by atoms with Gasteiger partial charge in [-0.2, -0.15) is 0 Å². The van der Waals surface area contributed by atoms with Gasteiger partial charge in [-0.15, -0.1) is 0 Å². The predicted molar refractivity (Wildman–Crippen MR) is 106 cm³/mol. The van der Waals surface area contributed by atoms with E-state index in [9.17, 15) is 9.59 Å². The van der Waals surface area contributed by atoms with Crippen molar-refractivity contribution in [2.75, 3.05) is 0 Å². The number of rotatable bonds is 2. The number of Topliss-reactive ketones (excluding diaryl/α,β-unsaturated/α-hetero) is 2. The van der Waals surface area contributed by atoms with Crippen molar-refractivity contribution in [1.82, 2.24) is 0 Å². The first-order valence-electron chi connectivity index (χ1n) is 10.3. The van der Waals surface area contributed by atoms with Gasteiger partial charge in [0, 0.05) is 37.1 Å². The van der Waals surface area contributed by atoms with Crippen LogP contribution in [0.5, 0.6) is 0 Å². The zero-order valence-corrected chi connectivity index (χ0v) is 16.9. The van der Waals surface area contributed by atoms with Gasteiger partial charge in [0.25, 0.3) is 0 Å². The van der Waals surface area contributed by atoms with E-state index in [1.807, 2.05) is 0 Å². The summed E-state index contributed by atoms with van der Waals surface area (Å²) in [5.41, 5.74) is 2.21. The Labute approximate surface area is 157 Å². The first kappa shape index (κ1) is 19.4. The average molecular weight is 359 g/mol. The number of hydrogen-bond donors (Lipinski definition) is 0. The first-order valence-corrected chi connectivity index (χ1v) is 10.3. The molecule has 0 aromatic heterocycles. The van der Waals surface area contributed by atoms with Gasteiger partial charge in [-0.1, -0.05) is 40.5 Å². The minimum Gasteiger partial charge on any atom is -0.299 e. The van der Waals surface area contributed by atoms with Crippen LogP contribution in [-0.4, -0.2) is 35.1 Å². The number of nitrogens with zero attached hydrogens (tertiary/aromatic N) is 2. The second-order valence-electron chi connectivity index (χ2n) is 10.3. The van der Waals surface area contributed by atoms with Crippen LogP contribution in [0.1, 0.15) is 91.9 Å². The summed E-state index contributed by atoms with van der Waals surface area (Å²) >= 11 is 0. The molecular weight excluding hydrogens is 324 g/mol. The second-order valence-corrected chi connectivity index (χ2v) is 10.3. The van der Waals surface area contributed by atoms with Crippen LogP contribution < -0.4 is 0 Å². The number of ketones is 2. The van der Waals surface area contributed by atoms with Crippen LogP contribution >= 0.6 is 0 Å². The van der Waals surface area contributed by atoms with E-state index in [1.165, 1.54) is 12.8 Å². The maximum atomic E-state index is 12.1. The standard InChI is InChI=1S/C22H34N2O2/c1-21(2)11-15(9-17(25)13-21)23-19-7-5-6-8-20(19)24-16-10-18(26)14-22(3,4)12-16/h19-20H,5-14H2,1-4H3/t19-,20+. The van der Waals surface area contributed by atoms with Crippen LogP contribution in [0, 0.1) is 10.8 Å². The molecule has 3 aliphatic carbocycles. The zero-order valence-electron chi connectivity index (χ0n) is 16.9. The SMILES string of the molecule is CC1(C)CC(=O)CC(=N[C@H]2CCCC[C@H]2N=C2CC(=O)CC(C)(C)C2)C1. The monoisotopic (exact) mass is 358 g/mol. The van der Waals surface area contributed by atoms with E-state index in [1.54, 1.807) is 0 Å². The summed E-state index contributed by atoms with van der Waals surface area (Å²) in [6.07, 6.45) is 8.69. The highest BCUT2D eigenvalue weighted by Gasteiger charge is 2.34. The van der Waals surface area contributed by atoms with E-state index in [0.717, 1.165) is 37.1 Å². The Hall–Kier alpha value is -1.32. The molecular formula is C22H34N2O2. The molecule has 0 unspecified atom stereocenters. The van der Waals surface area contributed by atoms with E-state index in [4.69, 9.17) is 9.98 Å². The van der Waals surface area contributed by atoms with Crippen LogP contribution in [0.4, 0.5) is 0 Å². The molecule has 0 N–H and O–H groups in total. The highest BCUT2D eigenvalue weighted by Crippen LogP contribution is 2.35. The van der Waals surface area contributed by atoms with Crippen molar-refractivity contribution in [3.05, 3.63) is 0 Å². The van der Waals surface area contributed by atoms with Gasteiger partial charge in [0.05, 0.1) is 12.1 Å². The minimum absolute atomic E-state index is 0.0318. The Morgan fingerprint density at radius 3 is 1.42 bits per heavy atom. The summed E-state index contributed by atoms with van der Waals surface area (Å²) in [4.78, 5) is 34.3. The number of carbonyl (C=O) groups is 2. The van der Waals surface area contributed by atoms with E-state index >= 15 is 0 Å². The van der Waals surface area contributed by atoms with Gasteiger partial charge in [0.15, 0.2) is 0 Å². The fourth-order valence-electron chi connectivity index (χ4n) is 5.05. The van der Waals surface area contributed by atoms with Crippen molar-refractivity contribution in [1.29, 1.82) is 0 Å². The lowest BCUT2D eigenvalue weighted by atomic mass is 9.75. The quantitative estimate of drug-likeness (QED) is 0.716. The maximum Gasteiger partial charge on any atom is 0.139 e. The number of aliphatic imine (C=N–C) groups is 2. The minimum atomic E-state index is 0.0318. The Morgan fingerprint density at radius 2 is 1.08 bits per heavy atom. The normalized spacial score (nSPS) is 35.1. The second kappa shape index (κ2) is 7.36. The number of carbonyl (C=O) groups excluding carboxylic acids is 2. The van der Waals surface area contributed by atoms with Crippen molar-refractivity contribution < 1.29 is 9.59 Å². The molecule has 0 aromatic rings. The van der Waals surface area contributed by atoms with Crippen LogP contribution in [0.3, 0.4) is 0 Å². The lowest BCUT2D eigenvalue weighted by Crippen LogP contribution is -2.35. The molecule has 3 rings (SSSR count). The summed E-state index contributed by atoms with van der Waals surface area (Å²) in [6, 6.07) is 0.376. The summed E-state index contributed by atoms with van der Waals surface area (Å²) in [5, 5.41) is 0. The Bertz CT molecular complexity index is 587. The third kappa shape index (κ3) is 5.11. The van der Waals surface area contributed by atoms with Crippen molar-refractivity contribution in [2.45, 2.75) is 104 Å². The van der Waals surface area contributed by atoms with Gasteiger partial charge in [-0.25, -0.2) is 0 Å².